The van der Waals surface area contributed by atoms with Crippen LogP contribution in [0.15, 0.2) is 24.3 Å². The maximum absolute atomic E-state index is 13.0. The molecule has 3 heterocycles. The van der Waals surface area contributed by atoms with E-state index in [0.717, 1.165) is 27.7 Å². The molecule has 7 heteroatoms. The molecule has 2 aliphatic rings. The predicted octanol–water partition coefficient (Wildman–Crippen LogP) is 3.32. The second kappa shape index (κ2) is 7.06. The summed E-state index contributed by atoms with van der Waals surface area (Å²) in [6.07, 6.45) is 0.619. The highest BCUT2D eigenvalue weighted by Crippen LogP contribution is 2.33. The van der Waals surface area contributed by atoms with Gasteiger partial charge in [0, 0.05) is 28.4 Å². The highest BCUT2D eigenvalue weighted by atomic mass is 32.2. The lowest BCUT2D eigenvalue weighted by atomic mass is 9.99. The van der Waals surface area contributed by atoms with Crippen molar-refractivity contribution < 1.29 is 14.4 Å². The molecule has 1 N–H and O–H groups in total. The molecule has 1 aromatic heterocycles. The summed E-state index contributed by atoms with van der Waals surface area (Å²) in [4.78, 5) is 39.3. The second-order valence-corrected chi connectivity index (χ2v) is 9.12. The first-order valence-electron chi connectivity index (χ1n) is 9.75. The molecule has 1 atom stereocenters. The number of nitrogens with zero attached hydrogens (tertiary/aromatic N) is 2. The monoisotopic (exact) mass is 411 g/mol. The molecule has 0 saturated carbocycles. The van der Waals surface area contributed by atoms with Gasteiger partial charge in [0.15, 0.2) is 5.78 Å². The van der Waals surface area contributed by atoms with Crippen LogP contribution >= 0.6 is 11.8 Å². The first-order valence-corrected chi connectivity index (χ1v) is 10.9. The Kier molecular flexibility index (Phi) is 4.81. The van der Waals surface area contributed by atoms with Crippen molar-refractivity contribution in [2.45, 2.75) is 39.7 Å². The largest absolute Gasteiger partial charge is 0.325 e. The van der Waals surface area contributed by atoms with E-state index in [2.05, 4.69) is 31.3 Å². The van der Waals surface area contributed by atoms with Gasteiger partial charge in [0.05, 0.1) is 6.54 Å². The van der Waals surface area contributed by atoms with Crippen molar-refractivity contribution in [1.29, 1.82) is 0 Å². The van der Waals surface area contributed by atoms with Crippen molar-refractivity contribution in [2.24, 2.45) is 0 Å². The Balaban J connectivity index is 1.61. The van der Waals surface area contributed by atoms with Gasteiger partial charge in [-0.15, -0.1) is 0 Å². The number of Topliss-reactive ketones (excluding diaryl/α,β-unsaturated/α-hetero) is 1. The lowest BCUT2D eigenvalue weighted by Gasteiger charge is -2.19. The summed E-state index contributed by atoms with van der Waals surface area (Å²) >= 11 is 1.65. The van der Waals surface area contributed by atoms with Gasteiger partial charge in [0.25, 0.3) is 5.91 Å². The third kappa shape index (κ3) is 3.17. The fourth-order valence-corrected chi connectivity index (χ4v) is 5.51. The van der Waals surface area contributed by atoms with E-state index >= 15 is 0 Å². The minimum Gasteiger partial charge on any atom is -0.322 e. The van der Waals surface area contributed by atoms with Gasteiger partial charge in [-0.25, -0.2) is 4.79 Å². The standard InChI is InChI=1S/C22H25N3O3S/c1-13-5-6-17(9-14(13)2)25-15(3)10-18(16(25)4)19(26)11-24-20(27)22(23-21(24)28)7-8-29-12-22/h5-6,9-10H,7-8,11-12H2,1-4H3,(H,23,28). The number of amides is 3. The number of hydrogen-bond acceptors (Lipinski definition) is 4. The van der Waals surface area contributed by atoms with Gasteiger partial charge in [-0.05, 0) is 69.2 Å². The molecule has 1 aromatic carbocycles. The molecule has 4 rings (SSSR count). The Morgan fingerprint density at radius 3 is 2.55 bits per heavy atom. The fourth-order valence-electron chi connectivity index (χ4n) is 4.19. The number of nitrogens with one attached hydrogen (secondary N) is 1. The van der Waals surface area contributed by atoms with E-state index in [9.17, 15) is 14.4 Å². The molecule has 2 aliphatic heterocycles. The number of urea groups is 1. The summed E-state index contributed by atoms with van der Waals surface area (Å²) in [5.41, 5.74) is 4.87. The number of rotatable bonds is 4. The number of imide groups is 1. The van der Waals surface area contributed by atoms with Crippen LogP contribution in [0.5, 0.6) is 0 Å². The molecular weight excluding hydrogens is 386 g/mol. The predicted molar refractivity (Wildman–Crippen MR) is 114 cm³/mol. The van der Waals surface area contributed by atoms with Crippen LogP contribution in [-0.2, 0) is 4.79 Å². The number of hydrogen-bond donors (Lipinski definition) is 1. The molecule has 6 nitrogen and oxygen atoms in total. The van der Waals surface area contributed by atoms with Crippen molar-refractivity contribution in [3.63, 3.8) is 0 Å². The second-order valence-electron chi connectivity index (χ2n) is 8.02. The number of ketones is 1. The van der Waals surface area contributed by atoms with Crippen molar-refractivity contribution in [1.82, 2.24) is 14.8 Å². The number of benzene rings is 1. The minimum atomic E-state index is -0.821. The molecule has 1 unspecified atom stereocenters. The van der Waals surface area contributed by atoms with Crippen molar-refractivity contribution in [2.75, 3.05) is 18.1 Å². The maximum atomic E-state index is 13.0. The average molecular weight is 412 g/mol. The number of thioether (sulfide) groups is 1. The molecule has 0 bridgehead atoms. The normalized spacial score (nSPS) is 21.3. The first kappa shape index (κ1) is 19.8. The van der Waals surface area contributed by atoms with E-state index in [1.54, 1.807) is 11.8 Å². The zero-order chi connectivity index (χ0) is 20.9. The molecule has 29 heavy (non-hydrogen) atoms. The molecule has 3 amide bonds. The van der Waals surface area contributed by atoms with Gasteiger partial charge in [-0.2, -0.15) is 11.8 Å². The Bertz CT molecular complexity index is 1030. The first-order chi connectivity index (χ1) is 13.7. The average Bonchev–Trinajstić information content (AvgIpc) is 3.32. The Morgan fingerprint density at radius 1 is 1.14 bits per heavy atom. The van der Waals surface area contributed by atoms with E-state index < -0.39 is 11.6 Å². The smallest absolute Gasteiger partial charge is 0.322 e. The number of carbonyl (C=O) groups is 3. The van der Waals surface area contributed by atoms with Crippen LogP contribution in [0.4, 0.5) is 4.79 Å². The zero-order valence-electron chi connectivity index (χ0n) is 17.2. The molecule has 0 aliphatic carbocycles. The maximum Gasteiger partial charge on any atom is 0.325 e. The topological polar surface area (TPSA) is 71.4 Å². The summed E-state index contributed by atoms with van der Waals surface area (Å²) < 4.78 is 2.04. The lowest BCUT2D eigenvalue weighted by molar-refractivity contribution is -0.130. The Labute approximate surface area is 174 Å². The van der Waals surface area contributed by atoms with E-state index in [0.29, 0.717) is 17.7 Å². The highest BCUT2D eigenvalue weighted by Gasteiger charge is 2.53. The number of aryl methyl sites for hydroxylation is 3. The fraction of sp³-hybridized carbons (Fsp3) is 0.409. The van der Waals surface area contributed by atoms with Gasteiger partial charge in [-0.1, -0.05) is 6.07 Å². The molecule has 0 radical (unpaired) electrons. The van der Waals surface area contributed by atoms with Crippen LogP contribution in [-0.4, -0.2) is 50.8 Å². The molecular formula is C22H25N3O3S. The van der Waals surface area contributed by atoms with Crippen LogP contribution in [0.2, 0.25) is 0 Å². The number of carbonyl (C=O) groups excluding carboxylic acids is 3. The van der Waals surface area contributed by atoms with Gasteiger partial charge < -0.3 is 9.88 Å². The van der Waals surface area contributed by atoms with E-state index in [1.165, 1.54) is 11.1 Å². The summed E-state index contributed by atoms with van der Waals surface area (Å²) in [5.74, 6) is 0.914. The molecule has 1 spiro atoms. The van der Waals surface area contributed by atoms with Crippen LogP contribution in [0, 0.1) is 27.7 Å². The van der Waals surface area contributed by atoms with Gasteiger partial charge in [-0.3, -0.25) is 14.5 Å². The summed E-state index contributed by atoms with van der Waals surface area (Å²) in [5, 5.41) is 2.81. The molecule has 152 valence electrons. The van der Waals surface area contributed by atoms with Gasteiger partial charge in [0.2, 0.25) is 0 Å². The van der Waals surface area contributed by atoms with E-state index in [4.69, 9.17) is 0 Å². The third-order valence-electron chi connectivity index (χ3n) is 6.05. The summed E-state index contributed by atoms with van der Waals surface area (Å²) in [6, 6.07) is 7.58. The lowest BCUT2D eigenvalue weighted by Crippen LogP contribution is -2.47. The van der Waals surface area contributed by atoms with Crippen LogP contribution in [0.3, 0.4) is 0 Å². The van der Waals surface area contributed by atoms with Gasteiger partial charge >= 0.3 is 6.03 Å². The van der Waals surface area contributed by atoms with Crippen molar-refractivity contribution in [3.05, 3.63) is 52.3 Å². The number of aromatic nitrogens is 1. The van der Waals surface area contributed by atoms with E-state index in [-0.39, 0.29) is 18.2 Å². The molecule has 2 saturated heterocycles. The van der Waals surface area contributed by atoms with Crippen molar-refractivity contribution in [3.8, 4) is 5.69 Å². The van der Waals surface area contributed by atoms with Crippen LogP contribution in [0.25, 0.3) is 5.69 Å². The van der Waals surface area contributed by atoms with Crippen LogP contribution in [0.1, 0.15) is 39.3 Å². The zero-order valence-corrected chi connectivity index (χ0v) is 18.0. The quantitative estimate of drug-likeness (QED) is 0.619. The summed E-state index contributed by atoms with van der Waals surface area (Å²) in [6.45, 7) is 7.76. The molecule has 2 fully saturated rings. The van der Waals surface area contributed by atoms with E-state index in [1.807, 2.05) is 30.5 Å². The third-order valence-corrected chi connectivity index (χ3v) is 7.24. The van der Waals surface area contributed by atoms with Gasteiger partial charge in [0.1, 0.15) is 5.54 Å². The SMILES string of the molecule is Cc1ccc(-n2c(C)cc(C(=O)CN3C(=O)NC4(CCSC4)C3=O)c2C)cc1C. The molecule has 2 aromatic rings. The Hall–Kier alpha value is -2.54. The summed E-state index contributed by atoms with van der Waals surface area (Å²) in [7, 11) is 0. The van der Waals surface area contributed by atoms with Crippen molar-refractivity contribution >= 4 is 29.5 Å². The van der Waals surface area contributed by atoms with Crippen LogP contribution < -0.4 is 5.32 Å². The minimum absolute atomic E-state index is 0.223. The Morgan fingerprint density at radius 2 is 1.90 bits per heavy atom. The highest BCUT2D eigenvalue weighted by molar-refractivity contribution is 7.99.